The van der Waals surface area contributed by atoms with Crippen LogP contribution in [0.4, 0.5) is 4.79 Å². The van der Waals surface area contributed by atoms with Crippen molar-refractivity contribution < 1.29 is 24.2 Å². The van der Waals surface area contributed by atoms with Crippen molar-refractivity contribution in [1.82, 2.24) is 10.6 Å². The van der Waals surface area contributed by atoms with Crippen LogP contribution < -0.4 is 10.6 Å². The number of benzene rings is 2. The first-order valence-electron chi connectivity index (χ1n) is 10.8. The van der Waals surface area contributed by atoms with Crippen molar-refractivity contribution in [1.29, 1.82) is 0 Å². The zero-order chi connectivity index (χ0) is 24.0. The third-order valence-corrected chi connectivity index (χ3v) is 5.32. The van der Waals surface area contributed by atoms with Gasteiger partial charge in [0.05, 0.1) is 6.54 Å². The first-order chi connectivity index (χ1) is 15.7. The van der Waals surface area contributed by atoms with Gasteiger partial charge in [0.15, 0.2) is 0 Å². The summed E-state index contributed by atoms with van der Waals surface area (Å²) in [4.78, 5) is 35.7. The molecule has 3 N–H and O–H groups in total. The molecule has 0 aliphatic heterocycles. The number of carboxylic acids is 1. The standard InChI is InChI=1S/C26H28N2O5/c1-26(2,3)15-22(24(31)27-14-8-13-23(29)30)28-25(32)33-16-21-19-11-6-4-9-17(19)18-10-5-7-12-20(18)21/h4-7,9-12,21-22H,14-16H2,1-3H3,(H,27,31)(H,28,32)(H,29,30). The number of fused-ring (bicyclic) bond motifs is 3. The summed E-state index contributed by atoms with van der Waals surface area (Å²) in [7, 11) is 0. The van der Waals surface area contributed by atoms with Crippen molar-refractivity contribution in [2.75, 3.05) is 13.2 Å². The Balaban J connectivity index is 1.65. The Kier molecular flexibility index (Phi) is 7.39. The number of hydrogen-bond donors (Lipinski definition) is 3. The highest BCUT2D eigenvalue weighted by Gasteiger charge is 2.30. The number of carbonyl (C=O) groups is 3. The van der Waals surface area contributed by atoms with Crippen molar-refractivity contribution in [3.8, 4) is 23.0 Å². The molecule has 1 atom stereocenters. The molecule has 0 bridgehead atoms. The highest BCUT2D eigenvalue weighted by atomic mass is 16.5. The lowest BCUT2D eigenvalue weighted by Gasteiger charge is -2.26. The van der Waals surface area contributed by atoms with Crippen molar-refractivity contribution >= 4 is 18.0 Å². The Morgan fingerprint density at radius 2 is 1.61 bits per heavy atom. The lowest BCUT2D eigenvalue weighted by atomic mass is 9.88. The van der Waals surface area contributed by atoms with Crippen LogP contribution in [0.15, 0.2) is 48.5 Å². The Morgan fingerprint density at radius 3 is 2.15 bits per heavy atom. The van der Waals surface area contributed by atoms with Gasteiger partial charge in [0, 0.05) is 11.8 Å². The second kappa shape index (κ2) is 10.2. The fraction of sp³-hybridized carbons (Fsp3) is 0.346. The molecule has 172 valence electrons. The molecule has 3 rings (SSSR count). The molecule has 1 unspecified atom stereocenters. The van der Waals surface area contributed by atoms with Crippen LogP contribution in [0.25, 0.3) is 11.1 Å². The number of hydrogen-bond acceptors (Lipinski definition) is 4. The summed E-state index contributed by atoms with van der Waals surface area (Å²) in [5, 5.41) is 13.8. The van der Waals surface area contributed by atoms with E-state index in [1.165, 1.54) is 0 Å². The number of carbonyl (C=O) groups excluding carboxylic acids is 2. The lowest BCUT2D eigenvalue weighted by Crippen LogP contribution is -2.48. The van der Waals surface area contributed by atoms with Crippen molar-refractivity contribution in [2.45, 2.75) is 39.2 Å². The summed E-state index contributed by atoms with van der Waals surface area (Å²) >= 11 is 0. The number of aliphatic carboxylic acids is 1. The van der Waals surface area contributed by atoms with Gasteiger partial charge >= 0.3 is 12.1 Å². The van der Waals surface area contributed by atoms with Crippen molar-refractivity contribution in [3.63, 3.8) is 0 Å². The highest BCUT2D eigenvalue weighted by Crippen LogP contribution is 2.44. The fourth-order valence-corrected chi connectivity index (χ4v) is 3.98. The van der Waals surface area contributed by atoms with E-state index in [4.69, 9.17) is 9.84 Å². The monoisotopic (exact) mass is 448 g/mol. The number of rotatable bonds is 6. The SMILES string of the molecule is CC(C)(C)CC(NC(=O)OCC1c2ccccc2-c2ccccc21)C(=O)NCC#CC(=O)O. The predicted molar refractivity (Wildman–Crippen MR) is 124 cm³/mol. The summed E-state index contributed by atoms with van der Waals surface area (Å²) in [5.41, 5.74) is 4.23. The van der Waals surface area contributed by atoms with E-state index in [0.717, 1.165) is 22.3 Å². The van der Waals surface area contributed by atoms with Gasteiger partial charge in [0.1, 0.15) is 12.6 Å². The topological polar surface area (TPSA) is 105 Å². The third kappa shape index (κ3) is 6.36. The van der Waals surface area contributed by atoms with E-state index in [-0.39, 0.29) is 24.5 Å². The van der Waals surface area contributed by atoms with E-state index in [1.807, 2.05) is 63.1 Å². The summed E-state index contributed by atoms with van der Waals surface area (Å²) in [6, 6.07) is 15.3. The smallest absolute Gasteiger partial charge is 0.407 e. The van der Waals surface area contributed by atoms with Crippen LogP contribution in [0.2, 0.25) is 0 Å². The van der Waals surface area contributed by atoms with Crippen molar-refractivity contribution in [2.24, 2.45) is 5.41 Å². The van der Waals surface area contributed by atoms with Gasteiger partial charge in [0.25, 0.3) is 0 Å². The van der Waals surface area contributed by atoms with Crippen LogP contribution >= 0.6 is 0 Å². The predicted octanol–water partition coefficient (Wildman–Crippen LogP) is 3.53. The zero-order valence-corrected chi connectivity index (χ0v) is 19.0. The Bertz CT molecular complexity index is 1060. The number of carboxylic acid groups (broad SMARTS) is 1. The van der Waals surface area contributed by atoms with E-state index in [2.05, 4.69) is 28.7 Å². The minimum atomic E-state index is -1.27. The molecular weight excluding hydrogens is 420 g/mol. The van der Waals surface area contributed by atoms with Gasteiger partial charge in [-0.2, -0.15) is 0 Å². The van der Waals surface area contributed by atoms with Gasteiger partial charge in [-0.15, -0.1) is 0 Å². The summed E-state index contributed by atoms with van der Waals surface area (Å²) in [5.74, 6) is 2.48. The van der Waals surface area contributed by atoms with E-state index in [1.54, 1.807) is 0 Å². The molecule has 0 saturated carbocycles. The third-order valence-electron chi connectivity index (χ3n) is 5.32. The minimum absolute atomic E-state index is 0.0793. The van der Waals surface area contributed by atoms with Crippen LogP contribution in [0.5, 0.6) is 0 Å². The van der Waals surface area contributed by atoms with Crippen LogP contribution in [0.3, 0.4) is 0 Å². The molecule has 33 heavy (non-hydrogen) atoms. The van der Waals surface area contributed by atoms with E-state index in [0.29, 0.717) is 6.42 Å². The molecule has 1 aliphatic rings. The molecule has 0 spiro atoms. The summed E-state index contributed by atoms with van der Waals surface area (Å²) in [6.45, 7) is 5.89. The number of ether oxygens (including phenoxy) is 1. The minimum Gasteiger partial charge on any atom is -0.472 e. The second-order valence-corrected chi connectivity index (χ2v) is 9.11. The lowest BCUT2D eigenvalue weighted by molar-refractivity contribution is -0.130. The average molecular weight is 449 g/mol. The Hall–Kier alpha value is -3.79. The van der Waals surface area contributed by atoms with Crippen LogP contribution in [-0.4, -0.2) is 42.3 Å². The van der Waals surface area contributed by atoms with Gasteiger partial charge in [-0.1, -0.05) is 75.2 Å². The molecule has 1 aliphatic carbocycles. The van der Waals surface area contributed by atoms with Crippen molar-refractivity contribution in [3.05, 3.63) is 59.7 Å². The molecule has 0 heterocycles. The van der Waals surface area contributed by atoms with Gasteiger partial charge < -0.3 is 20.5 Å². The normalized spacial score (nSPS) is 13.1. The van der Waals surface area contributed by atoms with Gasteiger partial charge in [-0.3, -0.25) is 4.79 Å². The van der Waals surface area contributed by atoms with E-state index >= 15 is 0 Å². The molecule has 7 heteroatoms. The van der Waals surface area contributed by atoms with E-state index < -0.39 is 24.0 Å². The van der Waals surface area contributed by atoms with Gasteiger partial charge in [0.2, 0.25) is 5.91 Å². The Labute approximate surface area is 193 Å². The molecule has 2 amide bonds. The molecule has 0 saturated heterocycles. The van der Waals surface area contributed by atoms with Crippen LogP contribution in [-0.2, 0) is 14.3 Å². The summed E-state index contributed by atoms with van der Waals surface area (Å²) < 4.78 is 5.56. The molecular formula is C26H28N2O5. The fourth-order valence-electron chi connectivity index (χ4n) is 3.98. The maximum absolute atomic E-state index is 12.6. The first-order valence-corrected chi connectivity index (χ1v) is 10.8. The second-order valence-electron chi connectivity index (χ2n) is 9.11. The average Bonchev–Trinajstić information content (AvgIpc) is 3.07. The Morgan fingerprint density at radius 1 is 1.03 bits per heavy atom. The largest absolute Gasteiger partial charge is 0.472 e. The van der Waals surface area contributed by atoms with Gasteiger partial charge in [-0.25, -0.2) is 9.59 Å². The number of amides is 2. The molecule has 2 aromatic rings. The summed E-state index contributed by atoms with van der Waals surface area (Å²) in [6.07, 6.45) is -0.312. The quantitative estimate of drug-likeness (QED) is 0.587. The van der Waals surface area contributed by atoms with Crippen LogP contribution in [0.1, 0.15) is 44.2 Å². The number of alkyl carbamates (subject to hydrolysis) is 1. The van der Waals surface area contributed by atoms with Crippen LogP contribution in [0, 0.1) is 17.3 Å². The molecule has 2 aromatic carbocycles. The maximum Gasteiger partial charge on any atom is 0.407 e. The molecule has 0 aromatic heterocycles. The highest BCUT2D eigenvalue weighted by molar-refractivity contribution is 5.88. The number of nitrogens with one attached hydrogen (secondary N) is 2. The van der Waals surface area contributed by atoms with E-state index in [9.17, 15) is 14.4 Å². The molecule has 7 nitrogen and oxygen atoms in total. The van der Waals surface area contributed by atoms with Gasteiger partial charge in [-0.05, 0) is 34.1 Å². The molecule has 0 fully saturated rings. The first kappa shape index (κ1) is 23.9. The molecule has 0 radical (unpaired) electrons. The maximum atomic E-state index is 12.6. The zero-order valence-electron chi connectivity index (χ0n) is 19.0.